The molecule has 2 aromatic carbocycles. The Kier molecular flexibility index (Phi) is 5.91. The van der Waals surface area contributed by atoms with Crippen LogP contribution in [0.5, 0.6) is 11.5 Å². The SMILES string of the molecule is COc1cc(C)c(/C(O)=C2\C(=O)C(=O)N(C3CCCC3)C2c2ccc(O)c(Cl)c2)cc1C. The van der Waals surface area contributed by atoms with Gasteiger partial charge >= 0.3 is 0 Å². The van der Waals surface area contributed by atoms with Gasteiger partial charge in [0.05, 0.1) is 23.7 Å². The van der Waals surface area contributed by atoms with E-state index in [1.165, 1.54) is 6.07 Å². The van der Waals surface area contributed by atoms with Crippen molar-refractivity contribution in [2.24, 2.45) is 0 Å². The fraction of sp³-hybridized carbons (Fsp3) is 0.360. The number of hydrogen-bond donors (Lipinski definition) is 2. The molecule has 32 heavy (non-hydrogen) atoms. The minimum atomic E-state index is -0.780. The first-order valence-corrected chi connectivity index (χ1v) is 11.1. The molecule has 6 nitrogen and oxygen atoms in total. The number of hydrogen-bond acceptors (Lipinski definition) is 5. The summed E-state index contributed by atoms with van der Waals surface area (Å²) in [6, 6.07) is 7.31. The van der Waals surface area contributed by atoms with Crippen molar-refractivity contribution in [2.45, 2.75) is 51.6 Å². The largest absolute Gasteiger partial charge is 0.507 e. The van der Waals surface area contributed by atoms with Crippen molar-refractivity contribution in [1.82, 2.24) is 4.90 Å². The molecule has 0 radical (unpaired) electrons. The molecule has 1 heterocycles. The van der Waals surface area contributed by atoms with E-state index in [1.807, 2.05) is 13.8 Å². The number of carbonyl (C=O) groups is 2. The number of phenols is 1. The third kappa shape index (κ3) is 3.62. The van der Waals surface area contributed by atoms with Gasteiger partial charge in [0.15, 0.2) is 0 Å². The zero-order chi connectivity index (χ0) is 23.2. The number of phenolic OH excluding ortho intramolecular Hbond substituents is 1. The van der Waals surface area contributed by atoms with Crippen molar-refractivity contribution >= 4 is 29.1 Å². The highest BCUT2D eigenvalue weighted by Crippen LogP contribution is 2.45. The van der Waals surface area contributed by atoms with E-state index in [9.17, 15) is 19.8 Å². The molecule has 0 spiro atoms. The lowest BCUT2D eigenvalue weighted by molar-refractivity contribution is -0.141. The van der Waals surface area contributed by atoms with E-state index < -0.39 is 17.7 Å². The van der Waals surface area contributed by atoms with E-state index in [2.05, 4.69) is 0 Å². The molecule has 1 saturated heterocycles. The van der Waals surface area contributed by atoms with Crippen molar-refractivity contribution in [3.05, 3.63) is 63.2 Å². The number of aliphatic hydroxyl groups excluding tert-OH is 1. The van der Waals surface area contributed by atoms with Gasteiger partial charge in [-0.15, -0.1) is 0 Å². The van der Waals surface area contributed by atoms with Gasteiger partial charge in [-0.3, -0.25) is 9.59 Å². The summed E-state index contributed by atoms with van der Waals surface area (Å²) in [6.45, 7) is 3.67. The average molecular weight is 456 g/mol. The first-order valence-electron chi connectivity index (χ1n) is 10.7. The quantitative estimate of drug-likeness (QED) is 0.383. The van der Waals surface area contributed by atoms with Crippen LogP contribution in [0.2, 0.25) is 5.02 Å². The highest BCUT2D eigenvalue weighted by atomic mass is 35.5. The van der Waals surface area contributed by atoms with E-state index >= 15 is 0 Å². The van der Waals surface area contributed by atoms with Gasteiger partial charge in [-0.05, 0) is 67.6 Å². The summed E-state index contributed by atoms with van der Waals surface area (Å²) in [5, 5.41) is 21.4. The molecule has 4 rings (SSSR count). The summed E-state index contributed by atoms with van der Waals surface area (Å²) in [7, 11) is 1.57. The third-order valence-corrected chi connectivity index (χ3v) is 6.79. The topological polar surface area (TPSA) is 87.1 Å². The second-order valence-electron chi connectivity index (χ2n) is 8.49. The molecule has 1 atom stereocenters. The van der Waals surface area contributed by atoms with Crippen LogP contribution >= 0.6 is 11.6 Å². The summed E-state index contributed by atoms with van der Waals surface area (Å²) in [6.07, 6.45) is 3.56. The van der Waals surface area contributed by atoms with Crippen molar-refractivity contribution in [2.75, 3.05) is 7.11 Å². The number of ketones is 1. The minimum absolute atomic E-state index is 0.0383. The van der Waals surface area contributed by atoms with Gasteiger partial charge in [-0.2, -0.15) is 0 Å². The molecule has 1 amide bonds. The number of ether oxygens (including phenoxy) is 1. The molecular weight excluding hydrogens is 430 g/mol. The fourth-order valence-electron chi connectivity index (χ4n) is 4.84. The van der Waals surface area contributed by atoms with Crippen molar-refractivity contribution in [3.8, 4) is 11.5 Å². The van der Waals surface area contributed by atoms with E-state index in [0.717, 1.165) is 36.8 Å². The van der Waals surface area contributed by atoms with Crippen LogP contribution in [-0.2, 0) is 9.59 Å². The van der Waals surface area contributed by atoms with Crippen LogP contribution in [0.1, 0.15) is 54.0 Å². The minimum Gasteiger partial charge on any atom is -0.507 e. The van der Waals surface area contributed by atoms with Crippen molar-refractivity contribution < 1.29 is 24.5 Å². The summed E-state index contributed by atoms with van der Waals surface area (Å²) < 4.78 is 5.36. The van der Waals surface area contributed by atoms with E-state index in [-0.39, 0.29) is 28.1 Å². The number of Topliss-reactive ketones (excluding diaryl/α,β-unsaturated/α-hetero) is 1. The maximum Gasteiger partial charge on any atom is 0.295 e. The molecular formula is C25H26ClNO5. The number of aromatic hydroxyl groups is 1. The average Bonchev–Trinajstić information content (AvgIpc) is 3.38. The Bertz CT molecular complexity index is 1130. The molecule has 0 aromatic heterocycles. The fourth-order valence-corrected chi connectivity index (χ4v) is 5.03. The van der Waals surface area contributed by atoms with Crippen LogP contribution < -0.4 is 4.74 Å². The lowest BCUT2D eigenvalue weighted by Gasteiger charge is -2.31. The van der Waals surface area contributed by atoms with Crippen molar-refractivity contribution in [1.29, 1.82) is 0 Å². The van der Waals surface area contributed by atoms with Crippen LogP contribution in [0.4, 0.5) is 0 Å². The molecule has 1 saturated carbocycles. The standard InChI is InChI=1S/C25H26ClNO5/c1-13-11-20(32-3)14(2)10-17(13)23(29)21-22(15-8-9-19(28)18(26)12-15)27(25(31)24(21)30)16-6-4-5-7-16/h8-12,16,22,28-29H,4-7H2,1-3H3/b23-21+. The van der Waals surface area contributed by atoms with Crippen LogP contribution in [0.15, 0.2) is 35.9 Å². The second kappa shape index (κ2) is 8.51. The summed E-state index contributed by atoms with van der Waals surface area (Å²) in [5.41, 5.74) is 2.61. The smallest absolute Gasteiger partial charge is 0.295 e. The Hall–Kier alpha value is -2.99. The second-order valence-corrected chi connectivity index (χ2v) is 8.90. The highest BCUT2D eigenvalue weighted by molar-refractivity contribution is 6.46. The molecule has 2 aromatic rings. The summed E-state index contributed by atoms with van der Waals surface area (Å²) in [4.78, 5) is 28.0. The van der Waals surface area contributed by atoms with E-state index in [0.29, 0.717) is 16.9 Å². The molecule has 2 aliphatic rings. The number of benzene rings is 2. The molecule has 168 valence electrons. The zero-order valence-corrected chi connectivity index (χ0v) is 19.1. The molecule has 1 unspecified atom stereocenters. The van der Waals surface area contributed by atoms with Gasteiger partial charge in [-0.1, -0.05) is 30.5 Å². The lowest BCUT2D eigenvalue weighted by atomic mass is 9.92. The number of carbonyl (C=O) groups excluding carboxylic acids is 2. The Morgan fingerprint density at radius 2 is 1.78 bits per heavy atom. The van der Waals surface area contributed by atoms with Crippen LogP contribution in [-0.4, -0.2) is 40.0 Å². The van der Waals surface area contributed by atoms with Gasteiger partial charge in [0.1, 0.15) is 17.3 Å². The van der Waals surface area contributed by atoms with Gasteiger partial charge in [0.25, 0.3) is 11.7 Å². The van der Waals surface area contributed by atoms with Gasteiger partial charge < -0.3 is 19.8 Å². The van der Waals surface area contributed by atoms with Crippen LogP contribution in [0.25, 0.3) is 5.76 Å². The lowest BCUT2D eigenvalue weighted by Crippen LogP contribution is -2.37. The predicted octanol–water partition coefficient (Wildman–Crippen LogP) is 5.04. The maximum atomic E-state index is 13.2. The maximum absolute atomic E-state index is 13.2. The monoisotopic (exact) mass is 455 g/mol. The number of amides is 1. The molecule has 7 heteroatoms. The molecule has 2 N–H and O–H groups in total. The number of halogens is 1. The Morgan fingerprint density at radius 3 is 2.41 bits per heavy atom. The number of aryl methyl sites for hydroxylation is 2. The summed E-state index contributed by atoms with van der Waals surface area (Å²) >= 11 is 6.17. The first-order chi connectivity index (χ1) is 15.2. The molecule has 1 aliphatic heterocycles. The molecule has 1 aliphatic carbocycles. The zero-order valence-electron chi connectivity index (χ0n) is 18.3. The molecule has 2 fully saturated rings. The predicted molar refractivity (Wildman–Crippen MR) is 122 cm³/mol. The number of rotatable bonds is 4. The van der Waals surface area contributed by atoms with Crippen LogP contribution in [0, 0.1) is 13.8 Å². The van der Waals surface area contributed by atoms with Gasteiger partial charge in [-0.25, -0.2) is 0 Å². The summed E-state index contributed by atoms with van der Waals surface area (Å²) in [5.74, 6) is -0.963. The number of aliphatic hydroxyl groups is 1. The van der Waals surface area contributed by atoms with E-state index in [1.54, 1.807) is 36.3 Å². The highest BCUT2D eigenvalue weighted by Gasteiger charge is 2.49. The Balaban J connectivity index is 1.93. The number of likely N-dealkylation sites (tertiary alicyclic amines) is 1. The normalized spacial score (nSPS) is 20.9. The van der Waals surface area contributed by atoms with Gasteiger partial charge in [0.2, 0.25) is 0 Å². The molecule has 0 bridgehead atoms. The Labute approximate surface area is 192 Å². The van der Waals surface area contributed by atoms with Crippen LogP contribution in [0.3, 0.4) is 0 Å². The number of methoxy groups -OCH3 is 1. The van der Waals surface area contributed by atoms with Gasteiger partial charge in [0, 0.05) is 11.6 Å². The Morgan fingerprint density at radius 1 is 1.09 bits per heavy atom. The third-order valence-electron chi connectivity index (χ3n) is 6.48. The van der Waals surface area contributed by atoms with Crippen molar-refractivity contribution in [3.63, 3.8) is 0 Å². The number of nitrogens with zero attached hydrogens (tertiary/aromatic N) is 1. The van der Waals surface area contributed by atoms with E-state index in [4.69, 9.17) is 16.3 Å². The first kappa shape index (κ1) is 22.2.